The largest absolute Gasteiger partial charge is 0.493 e. The van der Waals surface area contributed by atoms with Crippen LogP contribution in [0.3, 0.4) is 0 Å². The summed E-state index contributed by atoms with van der Waals surface area (Å²) in [5.74, 6) is 0.0729. The van der Waals surface area contributed by atoms with E-state index in [9.17, 15) is 9.59 Å². The molecular formula is C19H22N2O5. The van der Waals surface area contributed by atoms with E-state index in [2.05, 4.69) is 10.3 Å². The van der Waals surface area contributed by atoms with Crippen molar-refractivity contribution in [3.63, 3.8) is 0 Å². The molecular weight excluding hydrogens is 336 g/mol. The van der Waals surface area contributed by atoms with Crippen molar-refractivity contribution in [3.8, 4) is 11.5 Å². The first-order valence-electron chi connectivity index (χ1n) is 8.30. The summed E-state index contributed by atoms with van der Waals surface area (Å²) in [6, 6.07) is 8.87. The molecule has 26 heavy (non-hydrogen) atoms. The average molecular weight is 358 g/mol. The lowest BCUT2D eigenvalue weighted by molar-refractivity contribution is -0.137. The van der Waals surface area contributed by atoms with Crippen molar-refractivity contribution >= 4 is 17.6 Å². The number of hydrogen-bond acceptors (Lipinski definition) is 5. The van der Waals surface area contributed by atoms with E-state index in [0.29, 0.717) is 36.6 Å². The van der Waals surface area contributed by atoms with Crippen LogP contribution in [0.25, 0.3) is 0 Å². The standard InChI is InChI=1S/C19H22N2O5/c1-25-16-7-6-15(21-18(22)4-2-3-5-19(23)24)12-17(16)26-13-14-8-10-20-11-9-14/h6-12H,2-5,13H2,1H3,(H,21,22)(H,23,24). The van der Waals surface area contributed by atoms with Gasteiger partial charge < -0.3 is 19.9 Å². The van der Waals surface area contributed by atoms with Crippen LogP contribution in [-0.4, -0.2) is 29.1 Å². The van der Waals surface area contributed by atoms with E-state index < -0.39 is 5.97 Å². The number of rotatable bonds is 10. The summed E-state index contributed by atoms with van der Waals surface area (Å²) >= 11 is 0. The summed E-state index contributed by atoms with van der Waals surface area (Å²) < 4.78 is 11.1. The maximum Gasteiger partial charge on any atom is 0.303 e. The number of ether oxygens (including phenoxy) is 2. The predicted molar refractivity (Wildman–Crippen MR) is 96.3 cm³/mol. The van der Waals surface area contributed by atoms with Gasteiger partial charge in [0.05, 0.1) is 7.11 Å². The number of benzene rings is 1. The van der Waals surface area contributed by atoms with Crippen LogP contribution in [0.5, 0.6) is 11.5 Å². The molecule has 0 unspecified atom stereocenters. The Morgan fingerprint density at radius 2 is 1.81 bits per heavy atom. The third-order valence-corrected chi connectivity index (χ3v) is 3.64. The molecule has 0 aliphatic rings. The van der Waals surface area contributed by atoms with E-state index in [1.807, 2.05) is 12.1 Å². The molecule has 1 aromatic carbocycles. The molecule has 0 spiro atoms. The van der Waals surface area contributed by atoms with E-state index in [0.717, 1.165) is 5.56 Å². The van der Waals surface area contributed by atoms with E-state index in [4.69, 9.17) is 14.6 Å². The number of carbonyl (C=O) groups is 2. The Labute approximate surface area is 152 Å². The minimum absolute atomic E-state index is 0.0722. The summed E-state index contributed by atoms with van der Waals surface area (Å²) in [6.45, 7) is 0.353. The van der Waals surface area contributed by atoms with E-state index in [-0.39, 0.29) is 18.7 Å². The Balaban J connectivity index is 1.92. The molecule has 0 fully saturated rings. The lowest BCUT2D eigenvalue weighted by atomic mass is 10.2. The van der Waals surface area contributed by atoms with Crippen molar-refractivity contribution < 1.29 is 24.2 Å². The van der Waals surface area contributed by atoms with Crippen LogP contribution in [-0.2, 0) is 16.2 Å². The van der Waals surface area contributed by atoms with Gasteiger partial charge in [0.25, 0.3) is 0 Å². The number of carboxylic acids is 1. The molecule has 7 heteroatoms. The van der Waals surface area contributed by atoms with Gasteiger partial charge in [0, 0.05) is 37.0 Å². The fraction of sp³-hybridized carbons (Fsp3) is 0.316. The first kappa shape index (κ1) is 19.2. The molecule has 0 bridgehead atoms. The molecule has 1 amide bonds. The molecule has 138 valence electrons. The first-order valence-corrected chi connectivity index (χ1v) is 8.30. The summed E-state index contributed by atoms with van der Waals surface area (Å²) in [6.07, 6.45) is 4.73. The Hall–Kier alpha value is -3.09. The number of pyridine rings is 1. The predicted octanol–water partition coefficient (Wildman–Crippen LogP) is 3.25. The van der Waals surface area contributed by atoms with Gasteiger partial charge in [-0.15, -0.1) is 0 Å². The fourth-order valence-electron chi connectivity index (χ4n) is 2.29. The third kappa shape index (κ3) is 6.43. The number of hydrogen-bond donors (Lipinski definition) is 2. The summed E-state index contributed by atoms with van der Waals surface area (Å²) in [5, 5.41) is 11.4. The number of carboxylic acid groups (broad SMARTS) is 1. The molecule has 0 atom stereocenters. The lowest BCUT2D eigenvalue weighted by Crippen LogP contribution is -2.11. The second kappa shape index (κ2) is 10.0. The molecule has 7 nitrogen and oxygen atoms in total. The maximum absolute atomic E-state index is 12.0. The van der Waals surface area contributed by atoms with E-state index >= 15 is 0 Å². The van der Waals surface area contributed by atoms with Gasteiger partial charge in [-0.05, 0) is 42.7 Å². The fourth-order valence-corrected chi connectivity index (χ4v) is 2.29. The lowest BCUT2D eigenvalue weighted by Gasteiger charge is -2.13. The summed E-state index contributed by atoms with van der Waals surface area (Å²) in [4.78, 5) is 26.4. The second-order valence-electron chi connectivity index (χ2n) is 5.66. The topological polar surface area (TPSA) is 97.8 Å². The van der Waals surface area contributed by atoms with Gasteiger partial charge in [0.2, 0.25) is 5.91 Å². The molecule has 0 saturated carbocycles. The van der Waals surface area contributed by atoms with Crippen LogP contribution in [0.1, 0.15) is 31.2 Å². The van der Waals surface area contributed by atoms with Crippen molar-refractivity contribution in [1.29, 1.82) is 0 Å². The number of anilines is 1. The minimum atomic E-state index is -0.850. The normalized spacial score (nSPS) is 10.2. The monoisotopic (exact) mass is 358 g/mol. The highest BCUT2D eigenvalue weighted by Crippen LogP contribution is 2.31. The average Bonchev–Trinajstić information content (AvgIpc) is 2.64. The van der Waals surface area contributed by atoms with Crippen LogP contribution in [0.15, 0.2) is 42.7 Å². The molecule has 2 N–H and O–H groups in total. The zero-order valence-corrected chi connectivity index (χ0v) is 14.6. The number of nitrogens with one attached hydrogen (secondary N) is 1. The quantitative estimate of drug-likeness (QED) is 0.633. The Morgan fingerprint density at radius 3 is 2.50 bits per heavy atom. The highest BCUT2D eigenvalue weighted by molar-refractivity contribution is 5.91. The molecule has 1 heterocycles. The van der Waals surface area contributed by atoms with Crippen LogP contribution < -0.4 is 14.8 Å². The molecule has 0 radical (unpaired) electrons. The smallest absolute Gasteiger partial charge is 0.303 e. The number of aromatic nitrogens is 1. The number of nitrogens with zero attached hydrogens (tertiary/aromatic N) is 1. The van der Waals surface area contributed by atoms with Crippen LogP contribution in [0.2, 0.25) is 0 Å². The Morgan fingerprint density at radius 1 is 1.08 bits per heavy atom. The number of amides is 1. The molecule has 2 rings (SSSR count). The van der Waals surface area contributed by atoms with Crippen molar-refractivity contribution in [3.05, 3.63) is 48.3 Å². The number of carbonyl (C=O) groups excluding carboxylic acids is 1. The highest BCUT2D eigenvalue weighted by atomic mass is 16.5. The van der Waals surface area contributed by atoms with Gasteiger partial charge in [-0.2, -0.15) is 0 Å². The first-order chi connectivity index (χ1) is 12.6. The molecule has 0 saturated heterocycles. The number of aliphatic carboxylic acids is 1. The van der Waals surface area contributed by atoms with E-state index in [1.54, 1.807) is 37.7 Å². The molecule has 0 aliphatic heterocycles. The summed E-state index contributed by atoms with van der Waals surface area (Å²) in [7, 11) is 1.55. The third-order valence-electron chi connectivity index (χ3n) is 3.64. The zero-order valence-electron chi connectivity index (χ0n) is 14.6. The van der Waals surface area contributed by atoms with Crippen LogP contribution in [0, 0.1) is 0 Å². The SMILES string of the molecule is COc1ccc(NC(=O)CCCCC(=O)O)cc1OCc1ccncc1. The van der Waals surface area contributed by atoms with Crippen LogP contribution >= 0.6 is 0 Å². The Bertz CT molecular complexity index is 734. The second-order valence-corrected chi connectivity index (χ2v) is 5.66. The minimum Gasteiger partial charge on any atom is -0.493 e. The van der Waals surface area contributed by atoms with Gasteiger partial charge in [-0.3, -0.25) is 14.6 Å². The van der Waals surface area contributed by atoms with Gasteiger partial charge in [-0.1, -0.05) is 0 Å². The summed E-state index contributed by atoms with van der Waals surface area (Å²) in [5.41, 5.74) is 1.56. The highest BCUT2D eigenvalue weighted by Gasteiger charge is 2.09. The van der Waals surface area contributed by atoms with Gasteiger partial charge in [-0.25, -0.2) is 0 Å². The number of unbranched alkanes of at least 4 members (excludes halogenated alkanes) is 1. The van der Waals surface area contributed by atoms with Gasteiger partial charge in [0.15, 0.2) is 11.5 Å². The van der Waals surface area contributed by atoms with Gasteiger partial charge in [0.1, 0.15) is 6.61 Å². The molecule has 1 aromatic heterocycles. The molecule has 0 aliphatic carbocycles. The van der Waals surface area contributed by atoms with Crippen molar-refractivity contribution in [2.24, 2.45) is 0 Å². The van der Waals surface area contributed by atoms with Gasteiger partial charge >= 0.3 is 5.97 Å². The maximum atomic E-state index is 12.0. The van der Waals surface area contributed by atoms with Crippen molar-refractivity contribution in [1.82, 2.24) is 4.98 Å². The van der Waals surface area contributed by atoms with Crippen molar-refractivity contribution in [2.45, 2.75) is 32.3 Å². The van der Waals surface area contributed by atoms with E-state index in [1.165, 1.54) is 0 Å². The number of methoxy groups -OCH3 is 1. The van der Waals surface area contributed by atoms with Crippen LogP contribution in [0.4, 0.5) is 5.69 Å². The van der Waals surface area contributed by atoms with Crippen molar-refractivity contribution in [2.75, 3.05) is 12.4 Å². The Kier molecular flexibility index (Phi) is 7.42. The molecule has 2 aromatic rings. The zero-order chi connectivity index (χ0) is 18.8.